The lowest BCUT2D eigenvalue weighted by molar-refractivity contribution is -0.221. The maximum atomic E-state index is 12.9. The van der Waals surface area contributed by atoms with E-state index in [0.717, 1.165) is 13.3 Å². The van der Waals surface area contributed by atoms with Gasteiger partial charge in [0.05, 0.1) is 23.5 Å². The summed E-state index contributed by atoms with van der Waals surface area (Å²) >= 11 is 0. The molecule has 0 aliphatic carbocycles. The summed E-state index contributed by atoms with van der Waals surface area (Å²) in [6.07, 6.45) is -5.08. The molecule has 7 nitrogen and oxygen atoms in total. The fraction of sp³-hybridized carbons (Fsp3) is 0.591. The lowest BCUT2D eigenvalue weighted by Gasteiger charge is -2.19. The summed E-state index contributed by atoms with van der Waals surface area (Å²) in [5.41, 5.74) is -0.251. The molecule has 10 heteroatoms. The van der Waals surface area contributed by atoms with Crippen LogP contribution in [0.1, 0.15) is 52.4 Å². The van der Waals surface area contributed by atoms with Crippen LogP contribution in [0.2, 0.25) is 0 Å². The number of aliphatic hydroxyl groups is 1. The van der Waals surface area contributed by atoms with E-state index >= 15 is 0 Å². The molecular weight excluding hydrogens is 429 g/mol. The number of carbonyl (C=O) groups excluding carboxylic acids is 1. The fourth-order valence-corrected chi connectivity index (χ4v) is 3.25. The lowest BCUT2D eigenvalue weighted by atomic mass is 10.1. The molecule has 2 rings (SSSR count). The predicted molar refractivity (Wildman–Crippen MR) is 112 cm³/mol. The first kappa shape index (κ1) is 25.6. The average Bonchev–Trinajstić information content (AvgIpc) is 2.71. The van der Waals surface area contributed by atoms with E-state index < -0.39 is 24.4 Å². The molecule has 178 valence electrons. The van der Waals surface area contributed by atoms with Crippen molar-refractivity contribution in [2.24, 2.45) is 0 Å². The number of nitrogens with zero attached hydrogens (tertiary/aromatic N) is 2. The van der Waals surface area contributed by atoms with Crippen molar-refractivity contribution in [3.05, 3.63) is 34.6 Å². The molecule has 0 amide bonds. The highest BCUT2D eigenvalue weighted by molar-refractivity contribution is 5.85. The van der Waals surface area contributed by atoms with Crippen molar-refractivity contribution in [2.45, 2.75) is 77.3 Å². The molecule has 0 spiro atoms. The number of fused-ring (bicyclic) bond motifs is 1. The molecule has 0 unspecified atom stereocenters. The number of ether oxygens (including phenoxy) is 2. The van der Waals surface area contributed by atoms with Gasteiger partial charge in [-0.15, -0.1) is 5.10 Å². The summed E-state index contributed by atoms with van der Waals surface area (Å²) in [6, 6.07) is 6.86. The second kappa shape index (κ2) is 11.8. The number of benzene rings is 1. The molecule has 0 saturated heterocycles. The molecule has 0 bridgehead atoms. The minimum absolute atomic E-state index is 0.0991. The van der Waals surface area contributed by atoms with Crippen LogP contribution >= 0.6 is 0 Å². The van der Waals surface area contributed by atoms with Gasteiger partial charge in [-0.1, -0.05) is 12.1 Å². The second-order valence-corrected chi connectivity index (χ2v) is 7.71. The highest BCUT2D eigenvalue weighted by Crippen LogP contribution is 2.27. The zero-order valence-electron chi connectivity index (χ0n) is 18.2. The van der Waals surface area contributed by atoms with Crippen LogP contribution in [0.4, 0.5) is 13.2 Å². The predicted octanol–water partition coefficient (Wildman–Crippen LogP) is 3.99. The van der Waals surface area contributed by atoms with Crippen molar-refractivity contribution in [3.63, 3.8) is 0 Å². The van der Waals surface area contributed by atoms with Gasteiger partial charge in [-0.05, 0) is 57.6 Å². The van der Waals surface area contributed by atoms with E-state index in [1.165, 1.54) is 4.68 Å². The normalized spacial score (nSPS) is 13.7. The van der Waals surface area contributed by atoms with Crippen LogP contribution in [0.3, 0.4) is 0 Å². The largest absolute Gasteiger partial charge is 0.476 e. The molecule has 2 atom stereocenters. The van der Waals surface area contributed by atoms with Gasteiger partial charge in [-0.3, -0.25) is 9.59 Å². The van der Waals surface area contributed by atoms with E-state index in [1.54, 1.807) is 31.2 Å². The van der Waals surface area contributed by atoms with Gasteiger partial charge in [-0.2, -0.15) is 13.2 Å². The number of carbonyl (C=O) groups is 1. The van der Waals surface area contributed by atoms with Crippen LogP contribution in [0, 0.1) is 0 Å². The Morgan fingerprint density at radius 1 is 1.12 bits per heavy atom. The first-order valence-electron chi connectivity index (χ1n) is 10.6. The molecule has 0 fully saturated rings. The van der Waals surface area contributed by atoms with Crippen LogP contribution in [0.5, 0.6) is 5.88 Å². The lowest BCUT2D eigenvalue weighted by Crippen LogP contribution is -2.33. The van der Waals surface area contributed by atoms with Crippen molar-refractivity contribution in [1.29, 1.82) is 0 Å². The highest BCUT2D eigenvalue weighted by atomic mass is 19.4. The summed E-state index contributed by atoms with van der Waals surface area (Å²) < 4.78 is 50.1. The number of unbranched alkanes of at least 4 members (excludes halogenated alkanes) is 2. The summed E-state index contributed by atoms with van der Waals surface area (Å²) in [5.74, 6) is -0.738. The van der Waals surface area contributed by atoms with Gasteiger partial charge in [0.2, 0.25) is 5.88 Å². The van der Waals surface area contributed by atoms with Crippen LogP contribution in [0.25, 0.3) is 10.8 Å². The van der Waals surface area contributed by atoms with E-state index in [9.17, 15) is 27.9 Å². The zero-order valence-corrected chi connectivity index (χ0v) is 18.2. The Balaban J connectivity index is 2.01. The van der Waals surface area contributed by atoms with Crippen molar-refractivity contribution in [3.8, 4) is 5.88 Å². The molecule has 0 aliphatic rings. The number of rotatable bonds is 12. The molecule has 1 aromatic heterocycles. The van der Waals surface area contributed by atoms with Gasteiger partial charge in [0.1, 0.15) is 0 Å². The summed E-state index contributed by atoms with van der Waals surface area (Å²) in [4.78, 5) is 23.6. The van der Waals surface area contributed by atoms with Gasteiger partial charge < -0.3 is 14.6 Å². The maximum Gasteiger partial charge on any atom is 0.425 e. The van der Waals surface area contributed by atoms with Crippen molar-refractivity contribution >= 4 is 16.7 Å². The SMILES string of the molecule is CC(=O)O[C@@H](CCCCOc1nn(CCCC[C@@H](C)O)c(=O)c2ccccc12)C(F)(F)F. The Morgan fingerprint density at radius 2 is 1.78 bits per heavy atom. The van der Waals surface area contributed by atoms with Crippen LogP contribution in [-0.4, -0.2) is 45.8 Å². The Morgan fingerprint density at radius 3 is 2.41 bits per heavy atom. The second-order valence-electron chi connectivity index (χ2n) is 7.71. The van der Waals surface area contributed by atoms with Crippen molar-refractivity contribution < 1.29 is 32.5 Å². The molecule has 0 saturated carbocycles. The van der Waals surface area contributed by atoms with E-state index in [1.807, 2.05) is 0 Å². The number of hydrogen-bond acceptors (Lipinski definition) is 6. The summed E-state index contributed by atoms with van der Waals surface area (Å²) in [6.45, 7) is 3.11. The molecule has 1 N–H and O–H groups in total. The number of esters is 1. The quantitative estimate of drug-likeness (QED) is 0.382. The van der Waals surface area contributed by atoms with Crippen molar-refractivity contribution in [2.75, 3.05) is 6.61 Å². The van der Waals surface area contributed by atoms with Crippen LogP contribution in [-0.2, 0) is 16.1 Å². The smallest absolute Gasteiger partial charge is 0.425 e. The van der Waals surface area contributed by atoms with Crippen LogP contribution < -0.4 is 10.3 Å². The van der Waals surface area contributed by atoms with Gasteiger partial charge in [0.25, 0.3) is 5.56 Å². The van der Waals surface area contributed by atoms with Crippen molar-refractivity contribution in [1.82, 2.24) is 9.78 Å². The molecule has 1 aromatic carbocycles. The first-order chi connectivity index (χ1) is 15.1. The Bertz CT molecular complexity index is 943. The minimum Gasteiger partial charge on any atom is -0.476 e. The Labute approximate surface area is 184 Å². The van der Waals surface area contributed by atoms with Gasteiger partial charge in [0, 0.05) is 13.5 Å². The highest BCUT2D eigenvalue weighted by Gasteiger charge is 2.41. The Kier molecular flexibility index (Phi) is 9.49. The topological polar surface area (TPSA) is 90.7 Å². The number of aliphatic hydroxyl groups excluding tert-OH is 1. The molecule has 0 radical (unpaired) electrons. The maximum absolute atomic E-state index is 12.9. The summed E-state index contributed by atoms with van der Waals surface area (Å²) in [7, 11) is 0. The fourth-order valence-electron chi connectivity index (χ4n) is 3.25. The standard InChI is InChI=1S/C22H29F3N2O5/c1-15(28)9-5-7-13-27-21(30)18-11-4-3-10-17(18)20(26-27)31-14-8-6-12-19(22(23,24)25)32-16(2)29/h3-4,10-11,15,19,28H,5-9,12-14H2,1-2H3/t15-,19+/m1/s1. The third-order valence-corrected chi connectivity index (χ3v) is 4.85. The monoisotopic (exact) mass is 458 g/mol. The first-order valence-corrected chi connectivity index (χ1v) is 10.6. The van der Waals surface area contributed by atoms with Gasteiger partial charge in [0.15, 0.2) is 6.10 Å². The van der Waals surface area contributed by atoms with Gasteiger partial charge in [-0.25, -0.2) is 4.68 Å². The number of halogens is 3. The number of aromatic nitrogens is 2. The molecule has 2 aromatic rings. The molecule has 32 heavy (non-hydrogen) atoms. The minimum atomic E-state index is -4.62. The van der Waals surface area contributed by atoms with E-state index in [4.69, 9.17) is 4.74 Å². The van der Waals surface area contributed by atoms with Gasteiger partial charge >= 0.3 is 12.1 Å². The third-order valence-electron chi connectivity index (χ3n) is 4.85. The molecular formula is C22H29F3N2O5. The number of hydrogen-bond donors (Lipinski definition) is 1. The summed E-state index contributed by atoms with van der Waals surface area (Å²) in [5, 5.41) is 14.6. The number of alkyl halides is 3. The van der Waals surface area contributed by atoms with E-state index in [0.29, 0.717) is 30.2 Å². The van der Waals surface area contributed by atoms with Crippen LogP contribution in [0.15, 0.2) is 29.1 Å². The average molecular weight is 458 g/mol. The van der Waals surface area contributed by atoms with E-state index in [2.05, 4.69) is 9.84 Å². The Hall–Kier alpha value is -2.62. The molecule has 0 aliphatic heterocycles. The third kappa shape index (κ3) is 7.81. The number of aryl methyl sites for hydroxylation is 1. The zero-order chi connectivity index (χ0) is 23.7. The van der Waals surface area contributed by atoms with E-state index in [-0.39, 0.29) is 37.3 Å². The molecule has 1 heterocycles.